The molecule has 1 rings (SSSR count). The van der Waals surface area contributed by atoms with Gasteiger partial charge >= 0.3 is 5.97 Å². The lowest BCUT2D eigenvalue weighted by Crippen LogP contribution is -2.19. The van der Waals surface area contributed by atoms with E-state index in [1.165, 1.54) is 0 Å². The van der Waals surface area contributed by atoms with E-state index in [1.54, 1.807) is 6.92 Å². The molecule has 4 nitrogen and oxygen atoms in total. The third kappa shape index (κ3) is 1.45. The first-order valence-corrected chi connectivity index (χ1v) is 3.54. The number of hydrogen-bond donors (Lipinski definition) is 2. The Bertz CT molecular complexity index is 210. The van der Waals surface area contributed by atoms with Crippen LogP contribution in [0.2, 0.25) is 0 Å². The summed E-state index contributed by atoms with van der Waals surface area (Å²) in [4.78, 5) is 10.5. The lowest BCUT2D eigenvalue weighted by molar-refractivity contribution is -0.137. The van der Waals surface area contributed by atoms with Gasteiger partial charge in [0, 0.05) is 0 Å². The number of carboxylic acids is 1. The summed E-state index contributed by atoms with van der Waals surface area (Å²) in [7, 11) is 0. The quantitative estimate of drug-likeness (QED) is 0.618. The molecule has 1 aliphatic rings. The first kappa shape index (κ1) is 7.91. The maximum Gasteiger partial charge on any atom is 0.373 e. The van der Waals surface area contributed by atoms with Crippen LogP contribution in [0.15, 0.2) is 11.5 Å². The maximum absolute atomic E-state index is 10.5. The van der Waals surface area contributed by atoms with Gasteiger partial charge in [0.1, 0.15) is 0 Å². The molecule has 11 heavy (non-hydrogen) atoms. The second-order valence-corrected chi connectivity index (χ2v) is 2.37. The molecule has 0 saturated heterocycles. The van der Waals surface area contributed by atoms with Crippen LogP contribution >= 0.6 is 0 Å². The van der Waals surface area contributed by atoms with Crippen LogP contribution in [0.4, 0.5) is 0 Å². The number of nitrogens with one attached hydrogen (secondary N) is 1. The molecule has 0 aliphatic carbocycles. The van der Waals surface area contributed by atoms with Gasteiger partial charge in [0.05, 0.1) is 5.70 Å². The third-order valence-electron chi connectivity index (χ3n) is 1.49. The monoisotopic (exact) mass is 157 g/mol. The topological polar surface area (TPSA) is 58.6 Å². The molecule has 0 spiro atoms. The smallest absolute Gasteiger partial charge is 0.373 e. The van der Waals surface area contributed by atoms with E-state index in [0.29, 0.717) is 12.1 Å². The normalized spacial score (nSPS) is 22.9. The van der Waals surface area contributed by atoms with Gasteiger partial charge in [-0.2, -0.15) is 0 Å². The largest absolute Gasteiger partial charge is 0.475 e. The minimum absolute atomic E-state index is 0.0556. The van der Waals surface area contributed by atoms with Crippen molar-refractivity contribution in [2.75, 3.05) is 0 Å². The molecule has 0 saturated carbocycles. The van der Waals surface area contributed by atoms with Crippen LogP contribution in [0, 0.1) is 0 Å². The number of allylic oxidation sites excluding steroid dienone is 1. The van der Waals surface area contributed by atoms with Crippen molar-refractivity contribution in [3.05, 3.63) is 11.5 Å². The lowest BCUT2D eigenvalue weighted by atomic mass is 10.3. The fraction of sp³-hybridized carbons (Fsp3) is 0.571. The van der Waals surface area contributed by atoms with E-state index in [2.05, 4.69) is 5.32 Å². The highest BCUT2D eigenvalue weighted by molar-refractivity contribution is 5.85. The van der Waals surface area contributed by atoms with E-state index in [0.717, 1.165) is 0 Å². The molecule has 1 unspecified atom stereocenters. The van der Waals surface area contributed by atoms with Crippen LogP contribution in [0.1, 0.15) is 20.3 Å². The zero-order valence-electron chi connectivity index (χ0n) is 6.55. The summed E-state index contributed by atoms with van der Waals surface area (Å²) in [5, 5.41) is 11.5. The van der Waals surface area contributed by atoms with Crippen LogP contribution in [0.5, 0.6) is 0 Å². The minimum Gasteiger partial charge on any atom is -0.475 e. The summed E-state index contributed by atoms with van der Waals surface area (Å²) in [6.45, 7) is 3.65. The summed E-state index contributed by atoms with van der Waals surface area (Å²) in [5.74, 6) is -0.946. The molecule has 4 heteroatoms. The molecule has 0 aromatic carbocycles. The first-order valence-electron chi connectivity index (χ1n) is 3.54. The van der Waals surface area contributed by atoms with Crippen molar-refractivity contribution in [3.63, 3.8) is 0 Å². The second-order valence-electron chi connectivity index (χ2n) is 2.37. The molecule has 0 amide bonds. The maximum atomic E-state index is 10.5. The number of hydrogen-bond acceptors (Lipinski definition) is 3. The van der Waals surface area contributed by atoms with Crippen molar-refractivity contribution in [2.24, 2.45) is 0 Å². The van der Waals surface area contributed by atoms with Crippen LogP contribution < -0.4 is 5.32 Å². The highest BCUT2D eigenvalue weighted by Crippen LogP contribution is 2.17. The Hall–Kier alpha value is -1.19. The number of carboxylic acid groups (broad SMARTS) is 1. The van der Waals surface area contributed by atoms with Gasteiger partial charge in [-0.25, -0.2) is 4.79 Å². The van der Waals surface area contributed by atoms with Gasteiger partial charge in [-0.1, -0.05) is 6.92 Å². The Balaban J connectivity index is 2.79. The van der Waals surface area contributed by atoms with Crippen LogP contribution in [-0.4, -0.2) is 17.3 Å². The van der Waals surface area contributed by atoms with Gasteiger partial charge in [-0.05, 0) is 13.3 Å². The Kier molecular flexibility index (Phi) is 2.03. The van der Waals surface area contributed by atoms with Crippen molar-refractivity contribution in [3.8, 4) is 0 Å². The molecule has 0 fully saturated rings. The average molecular weight is 157 g/mol. The highest BCUT2D eigenvalue weighted by Gasteiger charge is 2.24. The van der Waals surface area contributed by atoms with Gasteiger partial charge in [-0.15, -0.1) is 0 Å². The third-order valence-corrected chi connectivity index (χ3v) is 1.49. The fourth-order valence-corrected chi connectivity index (χ4v) is 1.03. The van der Waals surface area contributed by atoms with Crippen LogP contribution in [0.25, 0.3) is 0 Å². The standard InChI is InChI=1S/C7H11NO3/c1-3-5-6(7(9)10)11-4(2)8-5/h4,8H,3H2,1-2H3,(H,9,10). The van der Waals surface area contributed by atoms with Crippen molar-refractivity contribution in [2.45, 2.75) is 26.5 Å². The molecule has 2 N–H and O–H groups in total. The fourth-order valence-electron chi connectivity index (χ4n) is 1.03. The molecule has 1 heterocycles. The van der Waals surface area contributed by atoms with Crippen molar-refractivity contribution < 1.29 is 14.6 Å². The van der Waals surface area contributed by atoms with Crippen LogP contribution in [0.3, 0.4) is 0 Å². The van der Waals surface area contributed by atoms with Gasteiger partial charge in [-0.3, -0.25) is 0 Å². The van der Waals surface area contributed by atoms with Gasteiger partial charge in [0.15, 0.2) is 6.23 Å². The molecule has 62 valence electrons. The first-order chi connectivity index (χ1) is 5.15. The zero-order chi connectivity index (χ0) is 8.43. The Labute approximate surface area is 64.9 Å². The average Bonchev–Trinajstić information content (AvgIpc) is 2.30. The molecule has 0 aromatic heterocycles. The number of ether oxygens (including phenoxy) is 1. The number of carbonyl (C=O) groups is 1. The van der Waals surface area contributed by atoms with E-state index in [4.69, 9.17) is 9.84 Å². The molecular weight excluding hydrogens is 146 g/mol. The molecule has 0 radical (unpaired) electrons. The van der Waals surface area contributed by atoms with Crippen molar-refractivity contribution >= 4 is 5.97 Å². The minimum atomic E-state index is -1.00. The van der Waals surface area contributed by atoms with E-state index >= 15 is 0 Å². The predicted octanol–water partition coefficient (Wildman–Crippen LogP) is 0.658. The predicted molar refractivity (Wildman–Crippen MR) is 38.6 cm³/mol. The summed E-state index contributed by atoms with van der Waals surface area (Å²) in [6.07, 6.45) is 0.447. The summed E-state index contributed by atoms with van der Waals surface area (Å²) in [6, 6.07) is 0. The van der Waals surface area contributed by atoms with E-state index < -0.39 is 5.97 Å². The van der Waals surface area contributed by atoms with Crippen LogP contribution in [-0.2, 0) is 9.53 Å². The van der Waals surface area contributed by atoms with Gasteiger partial charge in [0.2, 0.25) is 5.76 Å². The highest BCUT2D eigenvalue weighted by atomic mass is 16.5. The molecular formula is C7H11NO3. The number of aliphatic carboxylic acids is 1. The Morgan fingerprint density at radius 3 is 2.82 bits per heavy atom. The number of rotatable bonds is 2. The molecule has 1 atom stereocenters. The van der Waals surface area contributed by atoms with E-state index in [1.807, 2.05) is 6.92 Å². The Morgan fingerprint density at radius 1 is 1.82 bits per heavy atom. The van der Waals surface area contributed by atoms with Crippen molar-refractivity contribution in [1.29, 1.82) is 0 Å². The summed E-state index contributed by atoms with van der Waals surface area (Å²) in [5.41, 5.74) is 0.671. The molecule has 0 aromatic rings. The summed E-state index contributed by atoms with van der Waals surface area (Å²) >= 11 is 0. The second kappa shape index (κ2) is 2.82. The lowest BCUT2D eigenvalue weighted by Gasteiger charge is -2.03. The zero-order valence-corrected chi connectivity index (χ0v) is 6.55. The molecule has 1 aliphatic heterocycles. The molecule has 0 bridgehead atoms. The van der Waals surface area contributed by atoms with E-state index in [9.17, 15) is 4.79 Å². The summed E-state index contributed by atoms with van der Waals surface area (Å²) < 4.78 is 5.00. The van der Waals surface area contributed by atoms with E-state index in [-0.39, 0.29) is 12.0 Å². The van der Waals surface area contributed by atoms with Gasteiger partial charge in [0.25, 0.3) is 0 Å². The Morgan fingerprint density at radius 2 is 2.45 bits per heavy atom. The van der Waals surface area contributed by atoms with Crippen molar-refractivity contribution in [1.82, 2.24) is 5.32 Å². The van der Waals surface area contributed by atoms with Gasteiger partial charge < -0.3 is 15.2 Å². The SMILES string of the molecule is CCC1=C(C(=O)O)OC(C)N1.